The number of aliphatic carboxylic acids is 1. The molecule has 0 aliphatic rings. The van der Waals surface area contributed by atoms with Gasteiger partial charge in [-0.05, 0) is 36.4 Å². The van der Waals surface area contributed by atoms with Crippen LogP contribution in [0.25, 0.3) is 6.08 Å². The van der Waals surface area contributed by atoms with Crippen LogP contribution in [0.3, 0.4) is 0 Å². The average molecular weight is 388 g/mol. The van der Waals surface area contributed by atoms with Crippen LogP contribution in [-0.2, 0) is 4.79 Å². The zero-order chi connectivity index (χ0) is 15.4. The number of hydrogen-bond acceptors (Lipinski definition) is 2. The molecule has 0 spiro atoms. The summed E-state index contributed by atoms with van der Waals surface area (Å²) < 4.78 is 6.53. The van der Waals surface area contributed by atoms with Gasteiger partial charge in [-0.25, -0.2) is 4.79 Å². The van der Waals surface area contributed by atoms with E-state index in [-0.39, 0.29) is 0 Å². The monoisotopic (exact) mass is 386 g/mol. The fraction of sp³-hybridized carbons (Fsp3) is 0. The molecule has 0 saturated carbocycles. The number of carboxylic acids is 1. The van der Waals surface area contributed by atoms with Crippen molar-refractivity contribution in [1.82, 2.24) is 0 Å². The molecule has 0 aromatic heterocycles. The first-order valence-corrected chi connectivity index (χ1v) is 7.34. The summed E-state index contributed by atoms with van der Waals surface area (Å²) in [6.07, 6.45) is 2.48. The lowest BCUT2D eigenvalue weighted by Gasteiger charge is -2.11. The molecule has 2 aromatic rings. The molecular formula is C15H9BrCl2O3. The highest BCUT2D eigenvalue weighted by Crippen LogP contribution is 2.36. The first-order chi connectivity index (χ1) is 9.97. The Morgan fingerprint density at radius 1 is 1.19 bits per heavy atom. The average Bonchev–Trinajstić information content (AvgIpc) is 2.43. The van der Waals surface area contributed by atoms with E-state index in [2.05, 4.69) is 15.9 Å². The molecule has 2 aromatic carbocycles. The quantitative estimate of drug-likeness (QED) is 0.690. The minimum atomic E-state index is -1.04. The first kappa shape index (κ1) is 15.9. The van der Waals surface area contributed by atoms with Crippen molar-refractivity contribution in [1.29, 1.82) is 0 Å². The van der Waals surface area contributed by atoms with Gasteiger partial charge >= 0.3 is 5.97 Å². The molecule has 0 radical (unpaired) electrons. The van der Waals surface area contributed by atoms with Crippen LogP contribution >= 0.6 is 39.1 Å². The molecule has 0 fully saturated rings. The first-order valence-electron chi connectivity index (χ1n) is 5.80. The van der Waals surface area contributed by atoms with E-state index >= 15 is 0 Å². The summed E-state index contributed by atoms with van der Waals surface area (Å²) in [5.74, 6) is -0.168. The lowest BCUT2D eigenvalue weighted by Crippen LogP contribution is -1.91. The lowest BCUT2D eigenvalue weighted by atomic mass is 10.2. The molecule has 0 heterocycles. The lowest BCUT2D eigenvalue weighted by molar-refractivity contribution is -0.131. The Labute approximate surface area is 139 Å². The third-order valence-corrected chi connectivity index (χ3v) is 3.81. The Balaban J connectivity index is 2.39. The van der Waals surface area contributed by atoms with Gasteiger partial charge in [-0.15, -0.1) is 0 Å². The second-order valence-corrected chi connectivity index (χ2v) is 5.71. The fourth-order valence-electron chi connectivity index (χ4n) is 1.58. The Bertz CT molecular complexity index is 714. The predicted octanol–water partition coefficient (Wildman–Crippen LogP) is 5.65. The maximum Gasteiger partial charge on any atom is 0.328 e. The van der Waals surface area contributed by atoms with Crippen LogP contribution in [0.1, 0.15) is 5.56 Å². The van der Waals surface area contributed by atoms with Crippen molar-refractivity contribution in [2.45, 2.75) is 0 Å². The predicted molar refractivity (Wildman–Crippen MR) is 87.3 cm³/mol. The van der Waals surface area contributed by atoms with E-state index in [4.69, 9.17) is 33.0 Å². The number of ether oxygens (including phenoxy) is 1. The molecule has 0 bridgehead atoms. The van der Waals surface area contributed by atoms with Crippen LogP contribution in [0.2, 0.25) is 10.0 Å². The fourth-order valence-corrected chi connectivity index (χ4v) is 2.29. The summed E-state index contributed by atoms with van der Waals surface area (Å²) >= 11 is 15.3. The third kappa shape index (κ3) is 4.24. The molecule has 108 valence electrons. The van der Waals surface area contributed by atoms with E-state index in [1.165, 1.54) is 6.08 Å². The number of carboxylic acid groups (broad SMARTS) is 1. The second kappa shape index (κ2) is 6.98. The molecule has 2 rings (SSSR count). The third-order valence-electron chi connectivity index (χ3n) is 2.51. The van der Waals surface area contributed by atoms with Crippen molar-refractivity contribution < 1.29 is 14.6 Å². The van der Waals surface area contributed by atoms with E-state index in [0.29, 0.717) is 27.1 Å². The van der Waals surface area contributed by atoms with E-state index in [0.717, 1.165) is 10.5 Å². The molecule has 1 N–H and O–H groups in total. The minimum absolute atomic E-state index is 0.301. The number of rotatable bonds is 4. The molecular weight excluding hydrogens is 379 g/mol. The van der Waals surface area contributed by atoms with Gasteiger partial charge in [-0.3, -0.25) is 0 Å². The van der Waals surface area contributed by atoms with Gasteiger partial charge in [-0.1, -0.05) is 45.2 Å². The van der Waals surface area contributed by atoms with E-state index in [1.807, 2.05) is 0 Å². The van der Waals surface area contributed by atoms with Crippen molar-refractivity contribution in [2.24, 2.45) is 0 Å². The molecule has 0 atom stereocenters. The van der Waals surface area contributed by atoms with Gasteiger partial charge in [0.2, 0.25) is 0 Å². The zero-order valence-electron chi connectivity index (χ0n) is 10.5. The molecule has 0 aliphatic carbocycles. The number of halogens is 3. The van der Waals surface area contributed by atoms with Crippen LogP contribution < -0.4 is 4.74 Å². The number of hydrogen-bond donors (Lipinski definition) is 1. The van der Waals surface area contributed by atoms with Crippen LogP contribution in [0.15, 0.2) is 46.9 Å². The Kier molecular flexibility index (Phi) is 5.28. The van der Waals surface area contributed by atoms with Gasteiger partial charge in [-0.2, -0.15) is 0 Å². The highest BCUT2D eigenvalue weighted by atomic mass is 79.9. The van der Waals surface area contributed by atoms with E-state index < -0.39 is 5.97 Å². The largest absolute Gasteiger partial charge is 0.478 e. The van der Waals surface area contributed by atoms with Gasteiger partial charge in [0.05, 0.1) is 5.02 Å². The number of benzene rings is 2. The maximum absolute atomic E-state index is 10.6. The van der Waals surface area contributed by atoms with Crippen molar-refractivity contribution in [2.75, 3.05) is 0 Å². The summed E-state index contributed by atoms with van der Waals surface area (Å²) in [5, 5.41) is 9.41. The molecule has 0 aliphatic heterocycles. The molecule has 0 amide bonds. The summed E-state index contributed by atoms with van der Waals surface area (Å²) in [7, 11) is 0. The van der Waals surface area contributed by atoms with Gasteiger partial charge in [0, 0.05) is 16.1 Å². The van der Waals surface area contributed by atoms with Crippen molar-refractivity contribution in [3.63, 3.8) is 0 Å². The number of carbonyl (C=O) groups is 1. The zero-order valence-corrected chi connectivity index (χ0v) is 13.6. The summed E-state index contributed by atoms with van der Waals surface area (Å²) in [4.78, 5) is 10.6. The SMILES string of the molecule is O=C(O)/C=C/c1cc(Br)ccc1Oc1cccc(Cl)c1Cl. The van der Waals surface area contributed by atoms with Crippen LogP contribution in [0.4, 0.5) is 0 Å². The van der Waals surface area contributed by atoms with Crippen molar-refractivity contribution in [3.05, 3.63) is 62.6 Å². The van der Waals surface area contributed by atoms with Gasteiger partial charge in [0.25, 0.3) is 0 Å². The Morgan fingerprint density at radius 2 is 1.95 bits per heavy atom. The summed E-state index contributed by atoms with van der Waals surface area (Å²) in [5.41, 5.74) is 0.600. The topological polar surface area (TPSA) is 46.5 Å². The molecule has 21 heavy (non-hydrogen) atoms. The molecule has 0 saturated heterocycles. The minimum Gasteiger partial charge on any atom is -0.478 e. The van der Waals surface area contributed by atoms with Crippen molar-refractivity contribution >= 4 is 51.2 Å². The standard InChI is InChI=1S/C15H9BrCl2O3/c16-10-5-6-12(9(8-10)4-7-14(19)20)21-13-3-1-2-11(17)15(13)18/h1-8H,(H,19,20)/b7-4+. The van der Waals surface area contributed by atoms with E-state index in [1.54, 1.807) is 36.4 Å². The summed E-state index contributed by atoms with van der Waals surface area (Å²) in [6, 6.07) is 10.3. The van der Waals surface area contributed by atoms with Gasteiger partial charge in [0.1, 0.15) is 16.5 Å². The normalized spacial score (nSPS) is 10.8. The molecule has 0 unspecified atom stereocenters. The Morgan fingerprint density at radius 3 is 2.67 bits per heavy atom. The highest BCUT2D eigenvalue weighted by Gasteiger charge is 2.09. The van der Waals surface area contributed by atoms with Crippen LogP contribution in [0.5, 0.6) is 11.5 Å². The maximum atomic E-state index is 10.6. The summed E-state index contributed by atoms with van der Waals surface area (Å²) in [6.45, 7) is 0. The van der Waals surface area contributed by atoms with Gasteiger partial charge < -0.3 is 9.84 Å². The highest BCUT2D eigenvalue weighted by molar-refractivity contribution is 9.10. The second-order valence-electron chi connectivity index (χ2n) is 4.01. The van der Waals surface area contributed by atoms with Crippen molar-refractivity contribution in [3.8, 4) is 11.5 Å². The Hall–Kier alpha value is -1.49. The van der Waals surface area contributed by atoms with Crippen LogP contribution in [-0.4, -0.2) is 11.1 Å². The smallest absolute Gasteiger partial charge is 0.328 e. The van der Waals surface area contributed by atoms with Gasteiger partial charge in [0.15, 0.2) is 0 Å². The molecule has 6 heteroatoms. The van der Waals surface area contributed by atoms with E-state index in [9.17, 15) is 4.79 Å². The van der Waals surface area contributed by atoms with Crippen LogP contribution in [0, 0.1) is 0 Å². The molecule has 3 nitrogen and oxygen atoms in total.